The average Bonchev–Trinajstić information content (AvgIpc) is 3.46. The Hall–Kier alpha value is -2.84. The lowest BCUT2D eigenvalue weighted by Gasteiger charge is -2.06. The summed E-state index contributed by atoms with van der Waals surface area (Å²) in [5.74, 6) is -0.819. The van der Waals surface area contributed by atoms with Crippen LogP contribution < -0.4 is 0 Å². The Labute approximate surface area is 168 Å². The molecule has 142 valence electrons. The van der Waals surface area contributed by atoms with E-state index in [9.17, 15) is 9.59 Å². The number of aryl methyl sites for hydroxylation is 2. The monoisotopic (exact) mass is 412 g/mol. The van der Waals surface area contributed by atoms with Gasteiger partial charge in [0.15, 0.2) is 6.61 Å². The molecule has 0 aliphatic rings. The highest BCUT2D eigenvalue weighted by atomic mass is 32.1. The van der Waals surface area contributed by atoms with Gasteiger partial charge in [-0.15, -0.1) is 22.7 Å². The van der Waals surface area contributed by atoms with E-state index in [4.69, 9.17) is 9.26 Å². The second kappa shape index (κ2) is 7.65. The Morgan fingerprint density at radius 2 is 2.11 bits per heavy atom. The van der Waals surface area contributed by atoms with E-state index >= 15 is 0 Å². The molecule has 0 amide bonds. The van der Waals surface area contributed by atoms with Crippen LogP contribution in [0.2, 0.25) is 0 Å². The predicted molar refractivity (Wildman–Crippen MR) is 108 cm³/mol. The number of carbonyl (C=O) groups excluding carboxylic acids is 2. The minimum Gasteiger partial charge on any atom is -0.454 e. The summed E-state index contributed by atoms with van der Waals surface area (Å²) in [5.41, 5.74) is 1.71. The van der Waals surface area contributed by atoms with Crippen molar-refractivity contribution in [1.82, 2.24) is 10.1 Å². The molecule has 0 saturated heterocycles. The van der Waals surface area contributed by atoms with Crippen LogP contribution in [0.4, 0.5) is 0 Å². The normalized spacial score (nSPS) is 11.1. The van der Waals surface area contributed by atoms with Gasteiger partial charge in [-0.1, -0.05) is 18.1 Å². The minimum atomic E-state index is -0.600. The maximum Gasteiger partial charge on any atom is 0.339 e. The van der Waals surface area contributed by atoms with Gasteiger partial charge in [-0.25, -0.2) is 9.78 Å². The Morgan fingerprint density at radius 3 is 2.82 bits per heavy atom. The van der Waals surface area contributed by atoms with Crippen LogP contribution in [0.1, 0.15) is 37.5 Å². The first kappa shape index (κ1) is 18.5. The maximum absolute atomic E-state index is 12.8. The first-order valence-corrected chi connectivity index (χ1v) is 10.4. The van der Waals surface area contributed by atoms with Gasteiger partial charge in [-0.05, 0) is 43.0 Å². The summed E-state index contributed by atoms with van der Waals surface area (Å²) in [4.78, 5) is 32.1. The molecule has 0 N–H and O–H groups in total. The molecule has 0 spiro atoms. The molecule has 0 aromatic carbocycles. The van der Waals surface area contributed by atoms with Gasteiger partial charge < -0.3 is 9.26 Å². The van der Waals surface area contributed by atoms with Crippen molar-refractivity contribution in [2.45, 2.75) is 20.3 Å². The maximum atomic E-state index is 12.8. The molecule has 0 saturated carbocycles. The molecule has 0 aliphatic heterocycles. The van der Waals surface area contributed by atoms with Crippen LogP contribution in [0.3, 0.4) is 0 Å². The van der Waals surface area contributed by atoms with Gasteiger partial charge in [0.1, 0.15) is 0 Å². The van der Waals surface area contributed by atoms with E-state index < -0.39 is 5.97 Å². The highest BCUT2D eigenvalue weighted by molar-refractivity contribution is 7.14. The molecule has 0 radical (unpaired) electrons. The van der Waals surface area contributed by atoms with Crippen LogP contribution in [0.5, 0.6) is 0 Å². The van der Waals surface area contributed by atoms with Crippen molar-refractivity contribution < 1.29 is 18.8 Å². The number of nitrogens with zero attached hydrogens (tertiary/aromatic N) is 2. The molecule has 28 heavy (non-hydrogen) atoms. The van der Waals surface area contributed by atoms with Gasteiger partial charge in [0.2, 0.25) is 5.78 Å². The van der Waals surface area contributed by atoms with Crippen molar-refractivity contribution in [2.75, 3.05) is 6.61 Å². The average molecular weight is 412 g/mol. The highest BCUT2D eigenvalue weighted by Gasteiger charge is 2.22. The number of hydrogen-bond donors (Lipinski definition) is 0. The van der Waals surface area contributed by atoms with Crippen LogP contribution >= 0.6 is 22.7 Å². The van der Waals surface area contributed by atoms with E-state index in [2.05, 4.69) is 10.1 Å². The molecule has 0 fully saturated rings. The van der Waals surface area contributed by atoms with Gasteiger partial charge in [-0.3, -0.25) is 4.79 Å². The summed E-state index contributed by atoms with van der Waals surface area (Å²) in [7, 11) is 0. The zero-order valence-electron chi connectivity index (χ0n) is 15.2. The summed E-state index contributed by atoms with van der Waals surface area (Å²) in [6.45, 7) is 3.45. The van der Waals surface area contributed by atoms with Crippen LogP contribution in [-0.4, -0.2) is 28.5 Å². The largest absolute Gasteiger partial charge is 0.454 e. The fourth-order valence-electron chi connectivity index (χ4n) is 2.80. The quantitative estimate of drug-likeness (QED) is 0.330. The third-order valence-corrected chi connectivity index (χ3v) is 6.39. The molecule has 0 atom stereocenters. The van der Waals surface area contributed by atoms with Crippen molar-refractivity contribution in [3.8, 4) is 10.6 Å². The molecule has 4 rings (SSSR count). The van der Waals surface area contributed by atoms with Gasteiger partial charge in [-0.2, -0.15) is 0 Å². The third-order valence-electron chi connectivity index (χ3n) is 4.23. The lowest BCUT2D eigenvalue weighted by atomic mass is 10.1. The summed E-state index contributed by atoms with van der Waals surface area (Å²) < 4.78 is 10.6. The van der Waals surface area contributed by atoms with Crippen LogP contribution in [-0.2, 0) is 11.2 Å². The van der Waals surface area contributed by atoms with E-state index in [0.717, 1.165) is 16.2 Å². The molecule has 4 heterocycles. The van der Waals surface area contributed by atoms with E-state index in [0.29, 0.717) is 27.2 Å². The number of esters is 1. The molecule has 8 heteroatoms. The number of ether oxygens (including phenoxy) is 1. The standard InChI is InChI=1S/C20H16N2O4S2/c1-3-12-6-7-17(28-12)15(23)10-25-20(24)13-9-14(16-5-4-8-27-16)21-19-18(13)11(2)22-26-19/h4-9H,3,10H2,1-2H3. The number of Topliss-reactive ketones (excluding diaryl/α,β-unsaturated/α-hetero) is 1. The summed E-state index contributed by atoms with van der Waals surface area (Å²) >= 11 is 2.92. The molecule has 0 unspecified atom stereocenters. The van der Waals surface area contributed by atoms with E-state index in [1.807, 2.05) is 30.5 Å². The summed E-state index contributed by atoms with van der Waals surface area (Å²) in [6.07, 6.45) is 0.866. The van der Waals surface area contributed by atoms with E-state index in [1.54, 1.807) is 19.1 Å². The SMILES string of the molecule is CCc1ccc(C(=O)COC(=O)c2cc(-c3cccs3)nc3onc(C)c23)s1. The molecule has 0 aliphatic carbocycles. The summed E-state index contributed by atoms with van der Waals surface area (Å²) in [6, 6.07) is 9.15. The Morgan fingerprint density at radius 1 is 1.25 bits per heavy atom. The number of fused-ring (bicyclic) bond motifs is 1. The van der Waals surface area contributed by atoms with Crippen molar-refractivity contribution >= 4 is 45.5 Å². The van der Waals surface area contributed by atoms with Gasteiger partial charge in [0.05, 0.1) is 32.1 Å². The van der Waals surface area contributed by atoms with Crippen molar-refractivity contribution in [1.29, 1.82) is 0 Å². The first-order chi connectivity index (χ1) is 13.6. The lowest BCUT2D eigenvalue weighted by molar-refractivity contribution is 0.0477. The van der Waals surface area contributed by atoms with Crippen LogP contribution in [0.15, 0.2) is 40.2 Å². The summed E-state index contributed by atoms with van der Waals surface area (Å²) in [5, 5.41) is 6.34. The molecular formula is C20H16N2O4S2. The Bertz CT molecular complexity index is 1160. The van der Waals surface area contributed by atoms with Crippen LogP contribution in [0.25, 0.3) is 21.7 Å². The topological polar surface area (TPSA) is 82.3 Å². The Kier molecular flexibility index (Phi) is 5.06. The van der Waals surface area contributed by atoms with Gasteiger partial charge in [0, 0.05) is 4.88 Å². The fraction of sp³-hybridized carbons (Fsp3) is 0.200. The number of ketones is 1. The second-order valence-electron chi connectivity index (χ2n) is 6.10. The predicted octanol–water partition coefficient (Wildman–Crippen LogP) is 4.92. The fourth-order valence-corrected chi connectivity index (χ4v) is 4.36. The molecule has 4 aromatic heterocycles. The van der Waals surface area contributed by atoms with Gasteiger partial charge >= 0.3 is 5.97 Å². The van der Waals surface area contributed by atoms with Crippen molar-refractivity contribution in [2.24, 2.45) is 0 Å². The molecule has 6 nitrogen and oxygen atoms in total. The number of pyridine rings is 1. The van der Waals surface area contributed by atoms with E-state index in [1.165, 1.54) is 22.7 Å². The smallest absolute Gasteiger partial charge is 0.339 e. The number of thiophene rings is 2. The highest BCUT2D eigenvalue weighted by Crippen LogP contribution is 2.30. The number of rotatable bonds is 6. The molecule has 4 aromatic rings. The Balaban J connectivity index is 1.61. The van der Waals surface area contributed by atoms with Crippen molar-refractivity contribution in [3.05, 3.63) is 56.7 Å². The number of carbonyl (C=O) groups is 2. The zero-order valence-corrected chi connectivity index (χ0v) is 16.9. The van der Waals surface area contributed by atoms with Gasteiger partial charge in [0.25, 0.3) is 5.71 Å². The minimum absolute atomic E-state index is 0.219. The number of aromatic nitrogens is 2. The van der Waals surface area contributed by atoms with Crippen molar-refractivity contribution in [3.63, 3.8) is 0 Å². The molecule has 0 bridgehead atoms. The van der Waals surface area contributed by atoms with Crippen LogP contribution in [0, 0.1) is 6.92 Å². The third kappa shape index (κ3) is 3.48. The lowest BCUT2D eigenvalue weighted by Crippen LogP contribution is -2.14. The van der Waals surface area contributed by atoms with E-state index in [-0.39, 0.29) is 18.1 Å². The molecular weight excluding hydrogens is 396 g/mol. The number of hydrogen-bond acceptors (Lipinski definition) is 8. The first-order valence-electron chi connectivity index (χ1n) is 8.66. The zero-order chi connectivity index (χ0) is 19.7. The second-order valence-corrected chi connectivity index (χ2v) is 8.22.